The monoisotopic (exact) mass is 355 g/mol. The molecule has 3 rings (SSSR count). The van der Waals surface area contributed by atoms with E-state index in [1.165, 1.54) is 0 Å². The fourth-order valence-corrected chi connectivity index (χ4v) is 3.41. The highest BCUT2D eigenvalue weighted by molar-refractivity contribution is 6.45. The third kappa shape index (κ3) is 3.23. The molecule has 6 nitrogen and oxygen atoms in total. The number of nitrogens with zero attached hydrogens (tertiary/aromatic N) is 2. The van der Waals surface area contributed by atoms with Crippen LogP contribution in [-0.2, 0) is 9.59 Å². The highest BCUT2D eigenvalue weighted by Gasteiger charge is 2.33. The molecule has 1 aliphatic rings. The van der Waals surface area contributed by atoms with E-state index in [2.05, 4.69) is 4.98 Å². The van der Waals surface area contributed by atoms with Crippen molar-refractivity contribution in [2.75, 3.05) is 26.2 Å². The zero-order chi connectivity index (χ0) is 19.1. The maximum atomic E-state index is 12.8. The van der Waals surface area contributed by atoms with Gasteiger partial charge in [-0.15, -0.1) is 0 Å². The van der Waals surface area contributed by atoms with Gasteiger partial charge in [-0.25, -0.2) is 0 Å². The molecule has 1 aliphatic heterocycles. The van der Waals surface area contributed by atoms with E-state index in [1.54, 1.807) is 16.7 Å². The average Bonchev–Trinajstić information content (AvgIpc) is 2.95. The van der Waals surface area contributed by atoms with E-state index in [-0.39, 0.29) is 5.91 Å². The minimum atomic E-state index is -0.499. The molecular weight excluding hydrogens is 330 g/mol. The normalized spacial score (nSPS) is 15.4. The summed E-state index contributed by atoms with van der Waals surface area (Å²) in [5, 5.41) is 0.768. The fourth-order valence-electron chi connectivity index (χ4n) is 3.41. The Morgan fingerprint density at radius 1 is 0.962 bits per heavy atom. The number of benzene rings is 1. The molecule has 138 valence electrons. The predicted molar refractivity (Wildman–Crippen MR) is 100.0 cm³/mol. The summed E-state index contributed by atoms with van der Waals surface area (Å²) in [6.45, 7) is 9.15. The van der Waals surface area contributed by atoms with Crippen molar-refractivity contribution < 1.29 is 14.4 Å². The van der Waals surface area contributed by atoms with Crippen molar-refractivity contribution in [3.8, 4) is 0 Å². The van der Waals surface area contributed by atoms with Crippen molar-refractivity contribution in [1.82, 2.24) is 14.8 Å². The van der Waals surface area contributed by atoms with Gasteiger partial charge in [-0.1, -0.05) is 39.0 Å². The van der Waals surface area contributed by atoms with Gasteiger partial charge in [0, 0.05) is 48.2 Å². The molecule has 6 heteroatoms. The van der Waals surface area contributed by atoms with E-state index >= 15 is 0 Å². The zero-order valence-corrected chi connectivity index (χ0v) is 15.8. The molecule has 0 radical (unpaired) electrons. The van der Waals surface area contributed by atoms with Crippen molar-refractivity contribution in [2.24, 2.45) is 5.41 Å². The minimum absolute atomic E-state index is 0.0726. The second kappa shape index (κ2) is 6.59. The van der Waals surface area contributed by atoms with Crippen LogP contribution in [0.1, 0.15) is 36.8 Å². The number of aromatic amines is 1. The standard InChI is InChI=1S/C20H25N3O3/c1-13-16(14-7-5-6-8-15(14)21-13)17(24)18(25)22-9-11-23(12-10-22)19(26)20(2,3)4/h5-8,21H,9-12H2,1-4H3. The Hall–Kier alpha value is -2.63. The highest BCUT2D eigenvalue weighted by atomic mass is 16.2. The molecule has 0 atom stereocenters. The zero-order valence-electron chi connectivity index (χ0n) is 15.8. The molecule has 2 amide bonds. The molecule has 0 saturated carbocycles. The van der Waals surface area contributed by atoms with Crippen LogP contribution in [0, 0.1) is 12.3 Å². The van der Waals surface area contributed by atoms with Crippen LogP contribution in [-0.4, -0.2) is 58.6 Å². The number of para-hydroxylation sites is 1. The molecule has 26 heavy (non-hydrogen) atoms. The van der Waals surface area contributed by atoms with Gasteiger partial charge in [-0.2, -0.15) is 0 Å². The third-order valence-electron chi connectivity index (χ3n) is 4.81. The van der Waals surface area contributed by atoms with E-state index in [0.29, 0.717) is 37.4 Å². The number of H-pyrrole nitrogens is 1. The topological polar surface area (TPSA) is 73.5 Å². The van der Waals surface area contributed by atoms with Crippen LogP contribution in [0.4, 0.5) is 0 Å². The van der Waals surface area contributed by atoms with Gasteiger partial charge in [-0.3, -0.25) is 14.4 Å². The second-order valence-corrected chi connectivity index (χ2v) is 7.83. The number of rotatable bonds is 2. The number of piperazine rings is 1. The van der Waals surface area contributed by atoms with Crippen molar-refractivity contribution in [3.63, 3.8) is 0 Å². The van der Waals surface area contributed by atoms with Crippen molar-refractivity contribution in [2.45, 2.75) is 27.7 Å². The number of nitrogens with one attached hydrogen (secondary N) is 1. The molecule has 1 saturated heterocycles. The van der Waals surface area contributed by atoms with Gasteiger partial charge in [0.15, 0.2) is 0 Å². The summed E-state index contributed by atoms with van der Waals surface area (Å²) in [7, 11) is 0. The van der Waals surface area contributed by atoms with Crippen LogP contribution in [0.15, 0.2) is 24.3 Å². The maximum Gasteiger partial charge on any atom is 0.295 e. The molecular formula is C20H25N3O3. The lowest BCUT2D eigenvalue weighted by molar-refractivity contribution is -0.143. The van der Waals surface area contributed by atoms with Gasteiger partial charge < -0.3 is 14.8 Å². The lowest BCUT2D eigenvalue weighted by Crippen LogP contribution is -2.54. The quantitative estimate of drug-likeness (QED) is 0.664. The van der Waals surface area contributed by atoms with Gasteiger partial charge in [0.2, 0.25) is 5.91 Å². The first-order valence-corrected chi connectivity index (χ1v) is 8.90. The molecule has 1 N–H and O–H groups in total. The number of aryl methyl sites for hydroxylation is 1. The number of carbonyl (C=O) groups excluding carboxylic acids is 3. The Morgan fingerprint density at radius 3 is 2.15 bits per heavy atom. The number of Topliss-reactive ketones (excluding diaryl/α,β-unsaturated/α-hetero) is 1. The molecule has 2 aromatic rings. The fraction of sp³-hybridized carbons (Fsp3) is 0.450. The number of hydrogen-bond donors (Lipinski definition) is 1. The van der Waals surface area contributed by atoms with E-state index in [0.717, 1.165) is 10.9 Å². The van der Waals surface area contributed by atoms with Gasteiger partial charge in [0.25, 0.3) is 11.7 Å². The molecule has 1 fully saturated rings. The summed E-state index contributed by atoms with van der Waals surface area (Å²) >= 11 is 0. The average molecular weight is 355 g/mol. The number of fused-ring (bicyclic) bond motifs is 1. The van der Waals surface area contributed by atoms with Crippen LogP contribution in [0.2, 0.25) is 0 Å². The number of aromatic nitrogens is 1. The Labute approximate surface area is 153 Å². The summed E-state index contributed by atoms with van der Waals surface area (Å²) in [6.07, 6.45) is 0. The molecule has 2 heterocycles. The largest absolute Gasteiger partial charge is 0.358 e. The smallest absolute Gasteiger partial charge is 0.295 e. The number of ketones is 1. The molecule has 0 aliphatic carbocycles. The van der Waals surface area contributed by atoms with Crippen molar-refractivity contribution in [3.05, 3.63) is 35.5 Å². The van der Waals surface area contributed by atoms with Gasteiger partial charge >= 0.3 is 0 Å². The number of carbonyl (C=O) groups is 3. The van der Waals surface area contributed by atoms with Gasteiger partial charge in [0.05, 0.1) is 5.56 Å². The Morgan fingerprint density at radius 2 is 1.54 bits per heavy atom. The van der Waals surface area contributed by atoms with Gasteiger partial charge in [-0.05, 0) is 13.0 Å². The summed E-state index contributed by atoms with van der Waals surface area (Å²) in [5.41, 5.74) is 1.55. The number of amides is 2. The molecule has 0 unspecified atom stereocenters. The summed E-state index contributed by atoms with van der Waals surface area (Å²) in [5.74, 6) is -0.917. The first-order chi connectivity index (χ1) is 12.2. The minimum Gasteiger partial charge on any atom is -0.358 e. The predicted octanol–water partition coefficient (Wildman–Crippen LogP) is 2.38. The summed E-state index contributed by atoms with van der Waals surface area (Å²) in [6, 6.07) is 7.48. The first-order valence-electron chi connectivity index (χ1n) is 8.90. The first kappa shape index (κ1) is 18.2. The Kier molecular flexibility index (Phi) is 4.61. The van der Waals surface area contributed by atoms with E-state index in [9.17, 15) is 14.4 Å². The van der Waals surface area contributed by atoms with Crippen LogP contribution >= 0.6 is 0 Å². The summed E-state index contributed by atoms with van der Waals surface area (Å²) < 4.78 is 0. The molecule has 0 bridgehead atoms. The van der Waals surface area contributed by atoms with Gasteiger partial charge in [0.1, 0.15) is 0 Å². The molecule has 0 spiro atoms. The molecule has 1 aromatic carbocycles. The SMILES string of the molecule is Cc1[nH]c2ccccc2c1C(=O)C(=O)N1CCN(C(=O)C(C)(C)C)CC1. The van der Waals surface area contributed by atoms with Crippen LogP contribution in [0.5, 0.6) is 0 Å². The van der Waals surface area contributed by atoms with Crippen molar-refractivity contribution in [1.29, 1.82) is 0 Å². The van der Waals surface area contributed by atoms with Crippen LogP contribution in [0.25, 0.3) is 10.9 Å². The van der Waals surface area contributed by atoms with E-state index in [1.807, 2.05) is 45.0 Å². The summed E-state index contributed by atoms with van der Waals surface area (Å²) in [4.78, 5) is 44.4. The lowest BCUT2D eigenvalue weighted by Gasteiger charge is -2.37. The van der Waals surface area contributed by atoms with E-state index in [4.69, 9.17) is 0 Å². The maximum absolute atomic E-state index is 12.8. The van der Waals surface area contributed by atoms with Crippen LogP contribution < -0.4 is 0 Å². The van der Waals surface area contributed by atoms with Crippen LogP contribution in [0.3, 0.4) is 0 Å². The molecule has 1 aromatic heterocycles. The third-order valence-corrected chi connectivity index (χ3v) is 4.81. The van der Waals surface area contributed by atoms with E-state index < -0.39 is 17.1 Å². The Balaban J connectivity index is 1.73. The van der Waals surface area contributed by atoms with Crippen molar-refractivity contribution >= 4 is 28.5 Å². The highest BCUT2D eigenvalue weighted by Crippen LogP contribution is 2.23. The second-order valence-electron chi connectivity index (χ2n) is 7.83. The Bertz CT molecular complexity index is 868. The lowest BCUT2D eigenvalue weighted by atomic mass is 9.94. The number of hydrogen-bond acceptors (Lipinski definition) is 3.